The summed E-state index contributed by atoms with van der Waals surface area (Å²) in [6.45, 7) is 1.40. The SMILES string of the molecule is C[C@@H](C(=O)Nc1ccc(S(=O)(=O)Nc2cccc(C(F)(F)F)c2)cc1)N(c1ccccc1)S(C)(=O)=O. The van der Waals surface area contributed by atoms with Gasteiger partial charge >= 0.3 is 6.18 Å². The number of rotatable bonds is 8. The lowest BCUT2D eigenvalue weighted by molar-refractivity contribution is -0.137. The van der Waals surface area contributed by atoms with Crippen molar-refractivity contribution in [1.82, 2.24) is 0 Å². The van der Waals surface area contributed by atoms with Crippen molar-refractivity contribution in [3.05, 3.63) is 84.4 Å². The van der Waals surface area contributed by atoms with Gasteiger partial charge in [-0.1, -0.05) is 24.3 Å². The largest absolute Gasteiger partial charge is 0.416 e. The second kappa shape index (κ2) is 10.2. The van der Waals surface area contributed by atoms with Gasteiger partial charge in [0, 0.05) is 11.4 Å². The van der Waals surface area contributed by atoms with Crippen LogP contribution in [-0.2, 0) is 31.0 Å². The normalized spacial score (nSPS) is 13.0. The van der Waals surface area contributed by atoms with Gasteiger partial charge in [0.05, 0.1) is 22.4 Å². The number of amides is 1. The molecule has 0 fully saturated rings. The minimum Gasteiger partial charge on any atom is -0.324 e. The van der Waals surface area contributed by atoms with Crippen LogP contribution in [-0.4, -0.2) is 35.0 Å². The third-order valence-corrected chi connectivity index (χ3v) is 7.61. The Labute approximate surface area is 206 Å². The zero-order valence-corrected chi connectivity index (χ0v) is 20.7. The Morgan fingerprint density at radius 1 is 0.861 bits per heavy atom. The van der Waals surface area contributed by atoms with E-state index >= 15 is 0 Å². The van der Waals surface area contributed by atoms with E-state index in [0.29, 0.717) is 11.8 Å². The zero-order chi connectivity index (χ0) is 26.7. The molecule has 13 heteroatoms. The summed E-state index contributed by atoms with van der Waals surface area (Å²) in [5, 5.41) is 2.53. The average Bonchev–Trinajstić information content (AvgIpc) is 2.78. The van der Waals surface area contributed by atoms with E-state index in [1.165, 1.54) is 25.1 Å². The van der Waals surface area contributed by atoms with Crippen LogP contribution in [0.3, 0.4) is 0 Å². The van der Waals surface area contributed by atoms with Crippen molar-refractivity contribution in [2.24, 2.45) is 0 Å². The van der Waals surface area contributed by atoms with Gasteiger partial charge in [-0.15, -0.1) is 0 Å². The number of anilines is 3. The average molecular weight is 542 g/mol. The molecule has 0 aliphatic heterocycles. The van der Waals surface area contributed by atoms with E-state index in [1.54, 1.807) is 30.3 Å². The predicted molar refractivity (Wildman–Crippen MR) is 131 cm³/mol. The molecule has 2 N–H and O–H groups in total. The van der Waals surface area contributed by atoms with Gasteiger partial charge in [0.1, 0.15) is 6.04 Å². The second-order valence-electron chi connectivity index (χ2n) is 7.77. The van der Waals surface area contributed by atoms with Crippen molar-refractivity contribution >= 4 is 43.0 Å². The number of hydrogen-bond acceptors (Lipinski definition) is 5. The minimum absolute atomic E-state index is 0.186. The van der Waals surface area contributed by atoms with Crippen LogP contribution in [0.25, 0.3) is 0 Å². The van der Waals surface area contributed by atoms with E-state index in [9.17, 15) is 34.8 Å². The highest BCUT2D eigenvalue weighted by atomic mass is 32.2. The van der Waals surface area contributed by atoms with Crippen molar-refractivity contribution < 1.29 is 34.8 Å². The Bertz CT molecular complexity index is 1440. The van der Waals surface area contributed by atoms with Crippen LogP contribution in [0, 0.1) is 0 Å². The molecule has 36 heavy (non-hydrogen) atoms. The molecule has 0 aliphatic carbocycles. The van der Waals surface area contributed by atoms with Crippen molar-refractivity contribution in [2.75, 3.05) is 20.6 Å². The minimum atomic E-state index is -4.63. The molecule has 0 unspecified atom stereocenters. The number of carbonyl (C=O) groups excluding carboxylic acids is 1. The van der Waals surface area contributed by atoms with Crippen LogP contribution in [0.1, 0.15) is 12.5 Å². The van der Waals surface area contributed by atoms with Gasteiger partial charge < -0.3 is 5.32 Å². The Morgan fingerprint density at radius 3 is 2.03 bits per heavy atom. The molecule has 1 amide bonds. The van der Waals surface area contributed by atoms with Crippen LogP contribution in [0.2, 0.25) is 0 Å². The van der Waals surface area contributed by atoms with E-state index < -0.39 is 43.7 Å². The van der Waals surface area contributed by atoms with Gasteiger partial charge in [-0.25, -0.2) is 16.8 Å². The van der Waals surface area contributed by atoms with Crippen molar-refractivity contribution in [3.8, 4) is 0 Å². The first-order chi connectivity index (χ1) is 16.7. The van der Waals surface area contributed by atoms with Gasteiger partial charge in [-0.05, 0) is 61.5 Å². The molecule has 0 bridgehead atoms. The fraction of sp³-hybridized carbons (Fsp3) is 0.174. The number of benzene rings is 3. The Kier molecular flexibility index (Phi) is 7.65. The van der Waals surface area contributed by atoms with E-state index in [4.69, 9.17) is 0 Å². The molecule has 3 aromatic carbocycles. The highest BCUT2D eigenvalue weighted by Crippen LogP contribution is 2.31. The molecule has 8 nitrogen and oxygen atoms in total. The molecular weight excluding hydrogens is 519 g/mol. The van der Waals surface area contributed by atoms with E-state index in [2.05, 4.69) is 10.0 Å². The first-order valence-corrected chi connectivity index (χ1v) is 13.7. The maximum Gasteiger partial charge on any atom is 0.416 e. The fourth-order valence-electron chi connectivity index (χ4n) is 3.32. The molecule has 3 aromatic rings. The van der Waals surface area contributed by atoms with Crippen molar-refractivity contribution in [3.63, 3.8) is 0 Å². The lowest BCUT2D eigenvalue weighted by atomic mass is 10.2. The van der Waals surface area contributed by atoms with Crippen molar-refractivity contribution in [1.29, 1.82) is 0 Å². The summed E-state index contributed by atoms with van der Waals surface area (Å²) in [5.74, 6) is -0.665. The number of sulfonamides is 2. The summed E-state index contributed by atoms with van der Waals surface area (Å²) in [6.07, 6.45) is -3.66. The molecule has 0 aromatic heterocycles. The number of nitrogens with zero attached hydrogens (tertiary/aromatic N) is 1. The van der Waals surface area contributed by atoms with Crippen molar-refractivity contribution in [2.45, 2.75) is 24.0 Å². The van der Waals surface area contributed by atoms with Gasteiger partial charge in [0.2, 0.25) is 15.9 Å². The summed E-state index contributed by atoms with van der Waals surface area (Å²) in [7, 11) is -8.03. The number of alkyl halides is 3. The third kappa shape index (κ3) is 6.55. The maximum atomic E-state index is 12.9. The van der Waals surface area contributed by atoms with Gasteiger partial charge in [0.15, 0.2) is 0 Å². The van der Waals surface area contributed by atoms with E-state index in [0.717, 1.165) is 34.8 Å². The summed E-state index contributed by atoms with van der Waals surface area (Å²) in [6, 6.07) is 15.5. The molecular formula is C23H22F3N3O5S2. The second-order valence-corrected chi connectivity index (χ2v) is 11.3. The van der Waals surface area contributed by atoms with Crippen LogP contribution in [0.5, 0.6) is 0 Å². The highest BCUT2D eigenvalue weighted by Gasteiger charge is 2.31. The predicted octanol–water partition coefficient (Wildman–Crippen LogP) is 4.30. The summed E-state index contributed by atoms with van der Waals surface area (Å²) < 4.78 is 91.6. The summed E-state index contributed by atoms with van der Waals surface area (Å²) in [5.41, 5.74) is -0.789. The highest BCUT2D eigenvalue weighted by molar-refractivity contribution is 7.92. The first kappa shape index (κ1) is 27.0. The standard InChI is InChI=1S/C23H22F3N3O5S2/c1-16(29(35(2,31)32)20-9-4-3-5-10-20)22(30)27-18-11-13-21(14-12-18)36(33,34)28-19-8-6-7-17(15-19)23(24,25)26/h3-16,28H,1-2H3,(H,27,30)/t16-/m0/s1. The number of halogens is 3. The topological polar surface area (TPSA) is 113 Å². The van der Waals surface area contributed by atoms with E-state index in [-0.39, 0.29) is 16.3 Å². The molecule has 0 aliphatic rings. The number of para-hydroxylation sites is 1. The number of carbonyl (C=O) groups is 1. The molecule has 0 saturated carbocycles. The molecule has 0 radical (unpaired) electrons. The lowest BCUT2D eigenvalue weighted by Crippen LogP contribution is -2.45. The van der Waals surface area contributed by atoms with Crippen LogP contribution >= 0.6 is 0 Å². The lowest BCUT2D eigenvalue weighted by Gasteiger charge is -2.28. The van der Waals surface area contributed by atoms with Crippen LogP contribution in [0.4, 0.5) is 30.2 Å². The molecule has 0 saturated heterocycles. The van der Waals surface area contributed by atoms with Gasteiger partial charge in [0.25, 0.3) is 10.0 Å². The van der Waals surface area contributed by atoms with Crippen LogP contribution < -0.4 is 14.3 Å². The monoisotopic (exact) mass is 541 g/mol. The summed E-state index contributed by atoms with van der Waals surface area (Å²) >= 11 is 0. The third-order valence-electron chi connectivity index (χ3n) is 4.97. The number of nitrogens with one attached hydrogen (secondary N) is 2. The fourth-order valence-corrected chi connectivity index (χ4v) is 5.55. The smallest absolute Gasteiger partial charge is 0.324 e. The Balaban J connectivity index is 1.75. The molecule has 3 rings (SSSR count). The Morgan fingerprint density at radius 2 is 1.47 bits per heavy atom. The van der Waals surface area contributed by atoms with Gasteiger partial charge in [-0.3, -0.25) is 13.8 Å². The quantitative estimate of drug-likeness (QED) is 0.442. The maximum absolute atomic E-state index is 12.9. The number of hydrogen-bond donors (Lipinski definition) is 2. The van der Waals surface area contributed by atoms with E-state index in [1.807, 2.05) is 0 Å². The molecule has 0 spiro atoms. The summed E-state index contributed by atoms with van der Waals surface area (Å²) in [4.78, 5) is 12.5. The zero-order valence-electron chi connectivity index (χ0n) is 19.0. The molecule has 1 atom stereocenters. The first-order valence-electron chi connectivity index (χ1n) is 10.3. The van der Waals surface area contributed by atoms with Gasteiger partial charge in [-0.2, -0.15) is 13.2 Å². The Hall–Kier alpha value is -3.58. The molecule has 0 heterocycles. The van der Waals surface area contributed by atoms with Crippen LogP contribution in [0.15, 0.2) is 83.8 Å². The molecule has 192 valence electrons.